The molecule has 1 aliphatic rings. The van der Waals surface area contributed by atoms with Crippen molar-refractivity contribution in [2.45, 2.75) is 44.2 Å². The van der Waals surface area contributed by atoms with Crippen LogP contribution in [0.1, 0.15) is 49.3 Å². The summed E-state index contributed by atoms with van der Waals surface area (Å²) in [6.07, 6.45) is 11.3. The lowest BCUT2D eigenvalue weighted by Crippen LogP contribution is -2.33. The van der Waals surface area contributed by atoms with E-state index in [0.717, 1.165) is 0 Å². The fourth-order valence-corrected chi connectivity index (χ4v) is 3.22. The van der Waals surface area contributed by atoms with Crippen LogP contribution in [-0.2, 0) is 0 Å². The predicted molar refractivity (Wildman–Crippen MR) is 94.7 cm³/mol. The third-order valence-corrected chi connectivity index (χ3v) is 4.46. The Labute approximate surface area is 134 Å². The third kappa shape index (κ3) is 4.32. The molecule has 0 aliphatic heterocycles. The molecule has 2 aromatic rings. The van der Waals surface area contributed by atoms with Crippen molar-refractivity contribution in [2.75, 3.05) is 0 Å². The summed E-state index contributed by atoms with van der Waals surface area (Å²) >= 11 is 0. The van der Waals surface area contributed by atoms with Crippen molar-refractivity contribution in [3.8, 4) is 0 Å². The summed E-state index contributed by atoms with van der Waals surface area (Å²) in [6.45, 7) is 0. The largest absolute Gasteiger partial charge is 0.304 e. The van der Waals surface area contributed by atoms with Crippen LogP contribution in [0.5, 0.6) is 0 Å². The van der Waals surface area contributed by atoms with Crippen LogP contribution in [0.15, 0.2) is 66.7 Å². The van der Waals surface area contributed by atoms with Crippen molar-refractivity contribution in [2.24, 2.45) is 0 Å². The summed E-state index contributed by atoms with van der Waals surface area (Å²) in [5, 5.41) is 3.86. The second-order valence-electron chi connectivity index (χ2n) is 6.16. The molecule has 1 saturated carbocycles. The maximum absolute atomic E-state index is 3.86. The van der Waals surface area contributed by atoms with E-state index >= 15 is 0 Å². The van der Waals surface area contributed by atoms with Crippen molar-refractivity contribution in [1.82, 2.24) is 5.32 Å². The molecule has 0 spiro atoms. The van der Waals surface area contributed by atoms with Crippen LogP contribution in [0.25, 0.3) is 6.08 Å². The minimum Gasteiger partial charge on any atom is -0.304 e. The summed E-state index contributed by atoms with van der Waals surface area (Å²) in [5.41, 5.74) is 2.61. The van der Waals surface area contributed by atoms with Crippen molar-refractivity contribution in [3.63, 3.8) is 0 Å². The van der Waals surface area contributed by atoms with Crippen molar-refractivity contribution in [1.29, 1.82) is 0 Å². The average Bonchev–Trinajstić information content (AvgIpc) is 2.61. The molecule has 0 radical (unpaired) electrons. The molecule has 0 amide bonds. The molecule has 114 valence electrons. The Morgan fingerprint density at radius 3 is 2.14 bits per heavy atom. The molecule has 1 atom stereocenters. The highest BCUT2D eigenvalue weighted by Gasteiger charge is 2.17. The van der Waals surface area contributed by atoms with Gasteiger partial charge in [0, 0.05) is 6.04 Å². The zero-order valence-corrected chi connectivity index (χ0v) is 13.1. The average molecular weight is 291 g/mol. The van der Waals surface area contributed by atoms with Crippen molar-refractivity contribution in [3.05, 3.63) is 77.9 Å². The zero-order chi connectivity index (χ0) is 15.0. The van der Waals surface area contributed by atoms with Gasteiger partial charge in [0.15, 0.2) is 0 Å². The van der Waals surface area contributed by atoms with E-state index in [4.69, 9.17) is 0 Å². The van der Waals surface area contributed by atoms with E-state index < -0.39 is 0 Å². The Kier molecular flexibility index (Phi) is 5.44. The lowest BCUT2D eigenvalue weighted by atomic mass is 9.93. The molecule has 1 nitrogen and oxygen atoms in total. The van der Waals surface area contributed by atoms with Gasteiger partial charge in [-0.15, -0.1) is 0 Å². The van der Waals surface area contributed by atoms with Crippen LogP contribution in [-0.4, -0.2) is 6.04 Å². The smallest absolute Gasteiger partial charge is 0.0511 e. The van der Waals surface area contributed by atoms with Crippen LogP contribution >= 0.6 is 0 Å². The molecule has 1 unspecified atom stereocenters. The van der Waals surface area contributed by atoms with Crippen molar-refractivity contribution >= 4 is 6.08 Å². The van der Waals surface area contributed by atoms with Gasteiger partial charge in [0.05, 0.1) is 6.04 Å². The van der Waals surface area contributed by atoms with E-state index in [1.165, 1.54) is 43.2 Å². The normalized spacial score (nSPS) is 17.6. The lowest BCUT2D eigenvalue weighted by molar-refractivity contribution is 0.358. The summed E-state index contributed by atoms with van der Waals surface area (Å²) in [5.74, 6) is 0. The SMILES string of the molecule is C(=C\C(NC1CCCCC1)c1ccccc1)/c1ccccc1. The third-order valence-electron chi connectivity index (χ3n) is 4.46. The monoisotopic (exact) mass is 291 g/mol. The first-order valence-electron chi connectivity index (χ1n) is 8.46. The number of benzene rings is 2. The van der Waals surface area contributed by atoms with Crippen molar-refractivity contribution < 1.29 is 0 Å². The highest BCUT2D eigenvalue weighted by molar-refractivity contribution is 5.50. The van der Waals surface area contributed by atoms with Crippen LogP contribution in [0.3, 0.4) is 0 Å². The van der Waals surface area contributed by atoms with E-state index in [1.54, 1.807) is 0 Å². The predicted octanol–water partition coefficient (Wildman–Crippen LogP) is 5.36. The van der Waals surface area contributed by atoms with E-state index in [1.807, 2.05) is 0 Å². The van der Waals surface area contributed by atoms with Crippen LogP contribution < -0.4 is 5.32 Å². The van der Waals surface area contributed by atoms with Gasteiger partial charge >= 0.3 is 0 Å². The number of hydrogen-bond acceptors (Lipinski definition) is 1. The maximum Gasteiger partial charge on any atom is 0.0511 e. The van der Waals surface area contributed by atoms with Gasteiger partial charge in [0.2, 0.25) is 0 Å². The second kappa shape index (κ2) is 7.95. The summed E-state index contributed by atoms with van der Waals surface area (Å²) in [7, 11) is 0. The van der Waals surface area contributed by atoms with Gasteiger partial charge in [-0.3, -0.25) is 0 Å². The molecule has 3 rings (SSSR count). The highest BCUT2D eigenvalue weighted by Crippen LogP contribution is 2.23. The Balaban J connectivity index is 1.75. The van der Waals surface area contributed by atoms with Gasteiger partial charge in [-0.05, 0) is 24.0 Å². The minimum atomic E-state index is 0.296. The van der Waals surface area contributed by atoms with E-state index in [9.17, 15) is 0 Å². The van der Waals surface area contributed by atoms with Crippen LogP contribution in [0.4, 0.5) is 0 Å². The van der Waals surface area contributed by atoms with E-state index in [2.05, 4.69) is 78.1 Å². The Morgan fingerprint density at radius 1 is 0.818 bits per heavy atom. The first-order valence-corrected chi connectivity index (χ1v) is 8.46. The molecule has 1 N–H and O–H groups in total. The van der Waals surface area contributed by atoms with Gasteiger partial charge in [0.25, 0.3) is 0 Å². The number of hydrogen-bond donors (Lipinski definition) is 1. The Hall–Kier alpha value is -1.86. The summed E-state index contributed by atoms with van der Waals surface area (Å²) < 4.78 is 0. The van der Waals surface area contributed by atoms with E-state index in [0.29, 0.717) is 12.1 Å². The molecule has 0 saturated heterocycles. The molecule has 0 bridgehead atoms. The lowest BCUT2D eigenvalue weighted by Gasteiger charge is -2.27. The zero-order valence-electron chi connectivity index (χ0n) is 13.1. The molecule has 1 aliphatic carbocycles. The molecule has 2 aromatic carbocycles. The number of nitrogens with one attached hydrogen (secondary N) is 1. The van der Waals surface area contributed by atoms with Gasteiger partial charge < -0.3 is 5.32 Å². The molecule has 0 heterocycles. The Morgan fingerprint density at radius 2 is 1.45 bits per heavy atom. The molecule has 1 fully saturated rings. The molecular weight excluding hydrogens is 266 g/mol. The molecule has 0 aromatic heterocycles. The first kappa shape index (κ1) is 15.1. The number of rotatable bonds is 5. The quantitative estimate of drug-likeness (QED) is 0.781. The summed E-state index contributed by atoms with van der Waals surface area (Å²) in [6, 6.07) is 22.3. The van der Waals surface area contributed by atoms with Gasteiger partial charge in [0.1, 0.15) is 0 Å². The second-order valence-corrected chi connectivity index (χ2v) is 6.16. The van der Waals surface area contributed by atoms with E-state index in [-0.39, 0.29) is 0 Å². The fourth-order valence-electron chi connectivity index (χ4n) is 3.22. The Bertz CT molecular complexity index is 567. The van der Waals surface area contributed by atoms with Gasteiger partial charge in [-0.2, -0.15) is 0 Å². The van der Waals surface area contributed by atoms with Gasteiger partial charge in [-0.25, -0.2) is 0 Å². The maximum atomic E-state index is 3.86. The molecular formula is C21H25N. The minimum absolute atomic E-state index is 0.296. The standard InChI is InChI=1S/C21H25N/c1-4-10-18(11-5-1)16-17-21(19-12-6-2-7-13-19)22-20-14-8-3-9-15-20/h1-2,4-7,10-13,16-17,20-22H,3,8-9,14-15H2/b17-16+. The molecule has 1 heteroatoms. The highest BCUT2D eigenvalue weighted by atomic mass is 14.9. The van der Waals surface area contributed by atoms with Crippen LogP contribution in [0, 0.1) is 0 Å². The summed E-state index contributed by atoms with van der Waals surface area (Å²) in [4.78, 5) is 0. The fraction of sp³-hybridized carbons (Fsp3) is 0.333. The van der Waals surface area contributed by atoms with Gasteiger partial charge in [-0.1, -0.05) is 92.1 Å². The molecule has 22 heavy (non-hydrogen) atoms. The topological polar surface area (TPSA) is 12.0 Å². The van der Waals surface area contributed by atoms with Crippen LogP contribution in [0.2, 0.25) is 0 Å². The first-order chi connectivity index (χ1) is 10.9.